The molecule has 11 heavy (non-hydrogen) atoms. The van der Waals surface area contributed by atoms with Crippen molar-refractivity contribution in [2.45, 2.75) is 19.3 Å². The third kappa shape index (κ3) is 3.82. The van der Waals surface area contributed by atoms with Crippen LogP contribution in [0.2, 0.25) is 0 Å². The molecular formula is C5H9F3N2O. The first-order valence-corrected chi connectivity index (χ1v) is 2.83. The van der Waals surface area contributed by atoms with Crippen LogP contribution in [0.1, 0.15) is 6.92 Å². The van der Waals surface area contributed by atoms with Gasteiger partial charge in [0, 0.05) is 7.11 Å². The van der Waals surface area contributed by atoms with E-state index in [0.29, 0.717) is 0 Å². The van der Waals surface area contributed by atoms with E-state index in [2.05, 4.69) is 4.74 Å². The quantitative estimate of drug-likeness (QED) is 0.370. The van der Waals surface area contributed by atoms with Gasteiger partial charge in [-0.1, -0.05) is 0 Å². The van der Waals surface area contributed by atoms with Gasteiger partial charge in [-0.25, -0.2) is 0 Å². The lowest BCUT2D eigenvalue weighted by atomic mass is 10.5. The third-order valence-electron chi connectivity index (χ3n) is 0.985. The van der Waals surface area contributed by atoms with Gasteiger partial charge in [-0.15, -0.1) is 0 Å². The minimum absolute atomic E-state index is 0.802. The lowest BCUT2D eigenvalue weighted by Crippen LogP contribution is -2.42. The highest BCUT2D eigenvalue weighted by Crippen LogP contribution is 2.14. The van der Waals surface area contributed by atoms with E-state index >= 15 is 0 Å². The summed E-state index contributed by atoms with van der Waals surface area (Å²) in [4.78, 5) is 0. The number of hydrogen-bond donors (Lipinski definition) is 2. The first kappa shape index (κ1) is 10.2. The molecule has 0 bridgehead atoms. The molecular weight excluding hydrogens is 161 g/mol. The fraction of sp³-hybridized carbons (Fsp3) is 0.800. The molecule has 0 aliphatic rings. The minimum Gasteiger partial charge on any atom is -0.362 e. The van der Waals surface area contributed by atoms with Gasteiger partial charge in [0.2, 0.25) is 5.84 Å². The van der Waals surface area contributed by atoms with Crippen molar-refractivity contribution in [2.75, 3.05) is 7.11 Å². The van der Waals surface area contributed by atoms with E-state index in [1.54, 1.807) is 5.32 Å². The van der Waals surface area contributed by atoms with Crippen LogP contribution >= 0.6 is 0 Å². The van der Waals surface area contributed by atoms with Crippen molar-refractivity contribution in [1.82, 2.24) is 5.32 Å². The van der Waals surface area contributed by atoms with Gasteiger partial charge in [0.25, 0.3) is 0 Å². The molecule has 0 aromatic rings. The van der Waals surface area contributed by atoms with Crippen molar-refractivity contribution in [3.8, 4) is 0 Å². The van der Waals surface area contributed by atoms with Crippen LogP contribution in [-0.4, -0.2) is 25.3 Å². The normalized spacial score (nSPS) is 14.3. The Morgan fingerprint density at radius 1 is 1.55 bits per heavy atom. The maximum absolute atomic E-state index is 11.6. The zero-order valence-corrected chi connectivity index (χ0v) is 6.12. The summed E-state index contributed by atoms with van der Waals surface area (Å²) in [7, 11) is 1.25. The minimum atomic E-state index is -4.62. The summed E-state index contributed by atoms with van der Waals surface area (Å²) in [5, 5.41) is 8.26. The van der Waals surface area contributed by atoms with Gasteiger partial charge in [-0.05, 0) is 6.92 Å². The van der Waals surface area contributed by atoms with E-state index in [0.717, 1.165) is 0 Å². The topological polar surface area (TPSA) is 45.1 Å². The lowest BCUT2D eigenvalue weighted by molar-refractivity contribution is -0.0658. The van der Waals surface area contributed by atoms with Crippen LogP contribution in [0.4, 0.5) is 13.2 Å². The monoisotopic (exact) mass is 170 g/mol. The van der Waals surface area contributed by atoms with Gasteiger partial charge in [-0.3, -0.25) is 5.41 Å². The molecule has 0 heterocycles. The van der Waals surface area contributed by atoms with E-state index in [1.165, 1.54) is 14.0 Å². The Kier molecular flexibility index (Phi) is 3.31. The van der Waals surface area contributed by atoms with E-state index < -0.39 is 18.2 Å². The number of alkyl halides is 3. The van der Waals surface area contributed by atoms with E-state index in [9.17, 15) is 13.2 Å². The Hall–Kier alpha value is -0.780. The molecule has 0 amide bonds. The standard InChI is InChI=1S/C5H9F3N2O/c1-3(11-2)10-4(9)5(6,7)8/h3H,1-2H3,(H2,9,10). The number of hydrogen-bond acceptors (Lipinski definition) is 2. The summed E-state index contributed by atoms with van der Waals surface area (Å²) in [5.74, 6) is -1.49. The van der Waals surface area contributed by atoms with Crippen LogP contribution in [0.15, 0.2) is 0 Å². The van der Waals surface area contributed by atoms with Gasteiger partial charge >= 0.3 is 6.18 Å². The second-order valence-electron chi connectivity index (χ2n) is 1.90. The molecule has 6 heteroatoms. The van der Waals surface area contributed by atoms with Gasteiger partial charge in [0.05, 0.1) is 0 Å². The predicted molar refractivity (Wildman–Crippen MR) is 33.4 cm³/mol. The molecule has 2 N–H and O–H groups in total. The van der Waals surface area contributed by atoms with Crippen LogP contribution in [-0.2, 0) is 4.74 Å². The molecule has 0 aliphatic heterocycles. The molecule has 0 aromatic heterocycles. The van der Waals surface area contributed by atoms with E-state index in [1.807, 2.05) is 0 Å². The lowest BCUT2D eigenvalue weighted by Gasteiger charge is -2.15. The van der Waals surface area contributed by atoms with Crippen molar-refractivity contribution >= 4 is 5.84 Å². The predicted octanol–water partition coefficient (Wildman–Crippen LogP) is 1.11. The first-order chi connectivity index (χ1) is 4.88. The molecule has 0 saturated heterocycles. The number of ether oxygens (including phenoxy) is 1. The molecule has 0 aliphatic carbocycles. The fourth-order valence-electron chi connectivity index (χ4n) is 0.344. The zero-order chi connectivity index (χ0) is 9.07. The van der Waals surface area contributed by atoms with Crippen molar-refractivity contribution in [1.29, 1.82) is 5.41 Å². The first-order valence-electron chi connectivity index (χ1n) is 2.83. The summed E-state index contributed by atoms with van der Waals surface area (Å²) < 4.78 is 39.3. The third-order valence-corrected chi connectivity index (χ3v) is 0.985. The molecule has 1 atom stereocenters. The largest absolute Gasteiger partial charge is 0.448 e. The average Bonchev–Trinajstić information content (AvgIpc) is 1.85. The molecule has 1 unspecified atom stereocenters. The van der Waals surface area contributed by atoms with E-state index in [4.69, 9.17) is 5.41 Å². The molecule has 0 aromatic carbocycles. The number of methoxy groups -OCH3 is 1. The van der Waals surface area contributed by atoms with Crippen LogP contribution < -0.4 is 5.32 Å². The van der Waals surface area contributed by atoms with Crippen LogP contribution in [0.25, 0.3) is 0 Å². The van der Waals surface area contributed by atoms with Gasteiger partial charge in [0.1, 0.15) is 6.23 Å². The van der Waals surface area contributed by atoms with E-state index in [-0.39, 0.29) is 0 Å². The summed E-state index contributed by atoms with van der Waals surface area (Å²) in [5.41, 5.74) is 0. The Morgan fingerprint density at radius 2 is 2.00 bits per heavy atom. The Balaban J connectivity index is 3.88. The van der Waals surface area contributed by atoms with Crippen molar-refractivity contribution in [3.05, 3.63) is 0 Å². The fourth-order valence-corrected chi connectivity index (χ4v) is 0.344. The summed E-state index contributed by atoms with van der Waals surface area (Å²) in [6.45, 7) is 1.38. The molecule has 0 rings (SSSR count). The van der Waals surface area contributed by atoms with Gasteiger partial charge in [-0.2, -0.15) is 13.2 Å². The van der Waals surface area contributed by atoms with Gasteiger partial charge < -0.3 is 10.1 Å². The zero-order valence-electron chi connectivity index (χ0n) is 6.12. The van der Waals surface area contributed by atoms with Gasteiger partial charge in [0.15, 0.2) is 0 Å². The molecule has 0 saturated carbocycles. The maximum Gasteiger partial charge on any atom is 0.448 e. The summed E-state index contributed by atoms with van der Waals surface area (Å²) >= 11 is 0. The summed E-state index contributed by atoms with van der Waals surface area (Å²) in [6, 6.07) is 0. The van der Waals surface area contributed by atoms with Crippen molar-refractivity contribution in [2.24, 2.45) is 0 Å². The Bertz CT molecular complexity index is 145. The highest BCUT2D eigenvalue weighted by Gasteiger charge is 2.35. The van der Waals surface area contributed by atoms with Crippen LogP contribution in [0.5, 0.6) is 0 Å². The molecule has 0 spiro atoms. The molecule has 66 valence electrons. The maximum atomic E-state index is 11.6. The van der Waals surface area contributed by atoms with Crippen LogP contribution in [0, 0.1) is 5.41 Å². The second kappa shape index (κ2) is 3.56. The summed E-state index contributed by atoms with van der Waals surface area (Å²) in [6.07, 6.45) is -5.42. The molecule has 0 radical (unpaired) electrons. The second-order valence-corrected chi connectivity index (χ2v) is 1.90. The number of halogens is 3. The van der Waals surface area contributed by atoms with Crippen LogP contribution in [0.3, 0.4) is 0 Å². The Labute approximate surface area is 62.0 Å². The van der Waals surface area contributed by atoms with Crippen molar-refractivity contribution in [3.63, 3.8) is 0 Å². The number of amidine groups is 1. The smallest absolute Gasteiger partial charge is 0.362 e. The molecule has 3 nitrogen and oxygen atoms in total. The SMILES string of the molecule is COC(C)NC(=N)C(F)(F)F. The Morgan fingerprint density at radius 3 is 2.27 bits per heavy atom. The number of nitrogens with one attached hydrogen (secondary N) is 2. The molecule has 0 fully saturated rings. The average molecular weight is 170 g/mol. The van der Waals surface area contributed by atoms with Crippen molar-refractivity contribution < 1.29 is 17.9 Å². The highest BCUT2D eigenvalue weighted by atomic mass is 19.4. The highest BCUT2D eigenvalue weighted by molar-refractivity contribution is 5.84. The number of rotatable bonds is 2.